The van der Waals surface area contributed by atoms with E-state index in [0.717, 1.165) is 13.1 Å². The number of amides is 1. The lowest BCUT2D eigenvalue weighted by molar-refractivity contribution is -0.127. The highest BCUT2D eigenvalue weighted by Crippen LogP contribution is 2.01. The topological polar surface area (TPSA) is 68.2 Å². The molecule has 1 fully saturated rings. The second-order valence-electron chi connectivity index (χ2n) is 3.00. The summed E-state index contributed by atoms with van der Waals surface area (Å²) in [5.41, 5.74) is 0.161. The van der Waals surface area contributed by atoms with Crippen LogP contribution >= 0.6 is 0 Å². The molecule has 5 heteroatoms. The predicted molar refractivity (Wildman–Crippen MR) is 52.2 cm³/mol. The Morgan fingerprint density at radius 3 is 2.71 bits per heavy atom. The number of nitriles is 1. The fraction of sp³-hybridized carbons (Fsp3) is 0.556. The molecule has 76 valence electrons. The fourth-order valence-corrected chi connectivity index (χ4v) is 1.32. The summed E-state index contributed by atoms with van der Waals surface area (Å²) in [5.74, 6) is -0.191. The van der Waals surface area contributed by atoms with Gasteiger partial charge in [-0.2, -0.15) is 5.26 Å². The van der Waals surface area contributed by atoms with Crippen molar-refractivity contribution in [3.63, 3.8) is 0 Å². The molecule has 1 saturated heterocycles. The molecule has 0 aromatic carbocycles. The average Bonchev–Trinajstić information content (AvgIpc) is 2.26. The minimum absolute atomic E-state index is 0.161. The molecule has 1 amide bonds. The number of hydrogen-bond acceptors (Lipinski definition) is 4. The van der Waals surface area contributed by atoms with Crippen LogP contribution in [0.3, 0.4) is 0 Å². The van der Waals surface area contributed by atoms with Crippen LogP contribution in [0.4, 0.5) is 0 Å². The average molecular weight is 194 g/mol. The Morgan fingerprint density at radius 2 is 2.21 bits per heavy atom. The second-order valence-corrected chi connectivity index (χ2v) is 3.00. The van der Waals surface area contributed by atoms with Gasteiger partial charge in [-0.3, -0.25) is 4.79 Å². The van der Waals surface area contributed by atoms with Gasteiger partial charge in [0.05, 0.1) is 0 Å². The summed E-state index contributed by atoms with van der Waals surface area (Å²) >= 11 is 0. The van der Waals surface area contributed by atoms with Crippen molar-refractivity contribution in [1.82, 2.24) is 15.5 Å². The Bertz CT molecular complexity index is 273. The number of carbonyl (C=O) groups excluding carboxylic acids is 1. The fourth-order valence-electron chi connectivity index (χ4n) is 1.32. The summed E-state index contributed by atoms with van der Waals surface area (Å²) in [6.07, 6.45) is 1.43. The Balaban J connectivity index is 2.63. The third-order valence-corrected chi connectivity index (χ3v) is 2.04. The van der Waals surface area contributed by atoms with Gasteiger partial charge in [-0.1, -0.05) is 0 Å². The van der Waals surface area contributed by atoms with E-state index in [9.17, 15) is 4.79 Å². The number of hydrogen-bond donors (Lipinski definition) is 2. The van der Waals surface area contributed by atoms with E-state index in [-0.39, 0.29) is 11.5 Å². The van der Waals surface area contributed by atoms with Gasteiger partial charge in [-0.25, -0.2) is 0 Å². The van der Waals surface area contributed by atoms with Crippen LogP contribution in [0, 0.1) is 11.3 Å². The molecule has 0 saturated carbocycles. The summed E-state index contributed by atoms with van der Waals surface area (Å²) in [4.78, 5) is 13.4. The Labute approximate surface area is 83.4 Å². The molecule has 0 radical (unpaired) electrons. The molecule has 14 heavy (non-hydrogen) atoms. The van der Waals surface area contributed by atoms with Gasteiger partial charge in [0, 0.05) is 39.4 Å². The van der Waals surface area contributed by atoms with Crippen LogP contribution in [0.25, 0.3) is 0 Å². The van der Waals surface area contributed by atoms with Crippen LogP contribution in [0.15, 0.2) is 11.8 Å². The molecule has 1 aliphatic heterocycles. The van der Waals surface area contributed by atoms with Gasteiger partial charge in [0.15, 0.2) is 0 Å². The van der Waals surface area contributed by atoms with Crippen LogP contribution in [-0.4, -0.2) is 44.0 Å². The Morgan fingerprint density at radius 1 is 1.57 bits per heavy atom. The van der Waals surface area contributed by atoms with Crippen molar-refractivity contribution in [2.75, 3.05) is 33.2 Å². The minimum atomic E-state index is -0.191. The van der Waals surface area contributed by atoms with E-state index < -0.39 is 0 Å². The molecule has 1 aliphatic rings. The van der Waals surface area contributed by atoms with E-state index in [4.69, 9.17) is 5.26 Å². The normalized spacial score (nSPS) is 17.4. The van der Waals surface area contributed by atoms with E-state index in [1.54, 1.807) is 11.9 Å². The number of carbonyl (C=O) groups is 1. The summed E-state index contributed by atoms with van der Waals surface area (Å²) in [6, 6.07) is 1.89. The van der Waals surface area contributed by atoms with Crippen molar-refractivity contribution in [2.45, 2.75) is 0 Å². The van der Waals surface area contributed by atoms with E-state index in [1.807, 2.05) is 6.07 Å². The Kier molecular flexibility index (Phi) is 3.95. The monoisotopic (exact) mass is 194 g/mol. The first-order chi connectivity index (χ1) is 6.79. The molecule has 0 aromatic heterocycles. The molecule has 0 unspecified atom stereocenters. The lowest BCUT2D eigenvalue weighted by Crippen LogP contribution is -2.46. The zero-order valence-electron chi connectivity index (χ0n) is 8.21. The highest BCUT2D eigenvalue weighted by Gasteiger charge is 2.19. The van der Waals surface area contributed by atoms with Gasteiger partial charge in [0.1, 0.15) is 11.6 Å². The van der Waals surface area contributed by atoms with Gasteiger partial charge in [0.2, 0.25) is 0 Å². The second kappa shape index (κ2) is 5.25. The highest BCUT2D eigenvalue weighted by molar-refractivity contribution is 5.97. The molecule has 0 aliphatic carbocycles. The van der Waals surface area contributed by atoms with E-state index in [2.05, 4.69) is 10.6 Å². The largest absolute Gasteiger partial charge is 0.393 e. The summed E-state index contributed by atoms with van der Waals surface area (Å²) in [7, 11) is 1.67. The number of nitrogens with zero attached hydrogens (tertiary/aromatic N) is 2. The first kappa shape index (κ1) is 10.5. The zero-order valence-corrected chi connectivity index (χ0v) is 8.21. The molecule has 0 aromatic rings. The summed E-state index contributed by atoms with van der Waals surface area (Å²) < 4.78 is 0. The van der Waals surface area contributed by atoms with Crippen molar-refractivity contribution >= 4 is 5.91 Å². The quantitative estimate of drug-likeness (QED) is 0.439. The van der Waals surface area contributed by atoms with E-state index >= 15 is 0 Å². The number of piperazine rings is 1. The van der Waals surface area contributed by atoms with Gasteiger partial charge in [-0.15, -0.1) is 0 Å². The van der Waals surface area contributed by atoms with Gasteiger partial charge in [-0.05, 0) is 0 Å². The van der Waals surface area contributed by atoms with E-state index in [1.165, 1.54) is 6.20 Å². The number of nitrogens with one attached hydrogen (secondary N) is 2. The smallest absolute Gasteiger partial charge is 0.266 e. The molecule has 0 spiro atoms. The van der Waals surface area contributed by atoms with Crippen molar-refractivity contribution in [1.29, 1.82) is 5.26 Å². The predicted octanol–water partition coefficient (Wildman–Crippen LogP) is -0.955. The minimum Gasteiger partial charge on any atom is -0.393 e. The zero-order chi connectivity index (χ0) is 10.4. The van der Waals surface area contributed by atoms with Crippen LogP contribution in [-0.2, 0) is 4.79 Å². The molecule has 0 bridgehead atoms. The molecule has 5 nitrogen and oxygen atoms in total. The molecule has 1 rings (SSSR count). The van der Waals surface area contributed by atoms with Gasteiger partial charge >= 0.3 is 0 Å². The molecule has 2 N–H and O–H groups in total. The number of rotatable bonds is 2. The molecular formula is C9H14N4O. The maximum absolute atomic E-state index is 11.7. The lowest BCUT2D eigenvalue weighted by Gasteiger charge is -2.26. The van der Waals surface area contributed by atoms with Crippen LogP contribution in [0.5, 0.6) is 0 Å². The molecule has 0 atom stereocenters. The van der Waals surface area contributed by atoms with Crippen LogP contribution < -0.4 is 10.6 Å². The summed E-state index contributed by atoms with van der Waals surface area (Å²) in [6.45, 7) is 2.93. The van der Waals surface area contributed by atoms with Crippen molar-refractivity contribution in [3.8, 4) is 6.07 Å². The van der Waals surface area contributed by atoms with Crippen molar-refractivity contribution in [2.24, 2.45) is 0 Å². The third kappa shape index (κ3) is 2.47. The van der Waals surface area contributed by atoms with E-state index in [0.29, 0.717) is 13.1 Å². The first-order valence-electron chi connectivity index (χ1n) is 4.57. The SMILES string of the molecule is CN/C=C(/C#N)C(=O)N1CCNCC1. The van der Waals surface area contributed by atoms with Crippen LogP contribution in [0.1, 0.15) is 0 Å². The maximum Gasteiger partial charge on any atom is 0.266 e. The first-order valence-corrected chi connectivity index (χ1v) is 4.57. The van der Waals surface area contributed by atoms with Gasteiger partial charge < -0.3 is 15.5 Å². The Hall–Kier alpha value is -1.54. The highest BCUT2D eigenvalue weighted by atomic mass is 16.2. The molecule has 1 heterocycles. The van der Waals surface area contributed by atoms with Crippen LogP contribution in [0.2, 0.25) is 0 Å². The van der Waals surface area contributed by atoms with Gasteiger partial charge in [0.25, 0.3) is 5.91 Å². The third-order valence-electron chi connectivity index (χ3n) is 2.04. The van der Waals surface area contributed by atoms with Crippen molar-refractivity contribution < 1.29 is 4.79 Å². The summed E-state index contributed by atoms with van der Waals surface area (Å²) in [5, 5.41) is 14.6. The standard InChI is InChI=1S/C9H14N4O/c1-11-7-8(6-10)9(14)13-4-2-12-3-5-13/h7,11-12H,2-5H2,1H3/b8-7-. The lowest BCUT2D eigenvalue weighted by atomic mass is 10.2. The van der Waals surface area contributed by atoms with Crippen molar-refractivity contribution in [3.05, 3.63) is 11.8 Å². The maximum atomic E-state index is 11.7. The molecular weight excluding hydrogens is 180 g/mol.